The zero-order valence-corrected chi connectivity index (χ0v) is 20.2. The molecule has 0 radical (unpaired) electrons. The molecular weight excluding hydrogens is 448 g/mol. The van der Waals surface area contributed by atoms with Gasteiger partial charge < -0.3 is 20.4 Å². The van der Waals surface area contributed by atoms with Gasteiger partial charge in [-0.15, -0.1) is 0 Å². The average molecular weight is 475 g/mol. The summed E-state index contributed by atoms with van der Waals surface area (Å²) in [5.41, 5.74) is 5.26. The van der Waals surface area contributed by atoms with Crippen molar-refractivity contribution < 1.29 is 9.59 Å². The van der Waals surface area contributed by atoms with E-state index in [4.69, 9.17) is 11.6 Å². The number of rotatable bonds is 7. The van der Waals surface area contributed by atoms with Crippen LogP contribution in [0.5, 0.6) is 0 Å². The van der Waals surface area contributed by atoms with Gasteiger partial charge in [-0.25, -0.2) is 0 Å². The van der Waals surface area contributed by atoms with Gasteiger partial charge in [0.25, 0.3) is 5.91 Å². The smallest absolute Gasteiger partial charge is 0.258 e. The Bertz CT molecular complexity index is 1240. The zero-order valence-electron chi connectivity index (χ0n) is 19.4. The summed E-state index contributed by atoms with van der Waals surface area (Å²) in [5, 5.41) is 6.92. The van der Waals surface area contributed by atoms with Gasteiger partial charge in [-0.1, -0.05) is 48.0 Å². The Labute approximate surface area is 204 Å². The van der Waals surface area contributed by atoms with Crippen LogP contribution in [0.4, 0.5) is 17.1 Å². The first-order valence-electron chi connectivity index (χ1n) is 11.1. The number of halogens is 1. The second kappa shape index (κ2) is 10.1. The summed E-state index contributed by atoms with van der Waals surface area (Å²) < 4.78 is 0. The number of likely N-dealkylation sites (N-methyl/N-ethyl adjacent to an activating group) is 2. The number of anilines is 3. The maximum Gasteiger partial charge on any atom is 0.258 e. The Hall–Kier alpha value is -3.61. The predicted molar refractivity (Wildman–Crippen MR) is 140 cm³/mol. The third-order valence-corrected chi connectivity index (χ3v) is 5.79. The van der Waals surface area contributed by atoms with Crippen LogP contribution in [0.2, 0.25) is 5.02 Å². The molecule has 34 heavy (non-hydrogen) atoms. The summed E-state index contributed by atoms with van der Waals surface area (Å²) >= 11 is 6.13. The van der Waals surface area contributed by atoms with Crippen molar-refractivity contribution in [3.63, 3.8) is 0 Å². The molecule has 0 spiro atoms. The quantitative estimate of drug-likeness (QED) is 0.463. The van der Waals surface area contributed by atoms with Crippen LogP contribution in [0.25, 0.3) is 11.3 Å². The molecule has 0 saturated carbocycles. The summed E-state index contributed by atoms with van der Waals surface area (Å²) in [6.45, 7) is 2.88. The van der Waals surface area contributed by atoms with Gasteiger partial charge in [-0.05, 0) is 63.0 Å². The Morgan fingerprint density at radius 1 is 1.00 bits per heavy atom. The van der Waals surface area contributed by atoms with Crippen molar-refractivity contribution in [1.29, 1.82) is 0 Å². The van der Waals surface area contributed by atoms with Gasteiger partial charge in [0, 0.05) is 28.5 Å². The second-order valence-electron chi connectivity index (χ2n) is 8.31. The van der Waals surface area contributed by atoms with Crippen molar-refractivity contribution in [3.8, 4) is 0 Å². The maximum atomic E-state index is 13.0. The van der Waals surface area contributed by atoms with Crippen molar-refractivity contribution in [2.75, 3.05) is 42.7 Å². The van der Waals surface area contributed by atoms with Gasteiger partial charge in [-0.3, -0.25) is 9.59 Å². The number of nitrogens with one attached hydrogen (secondary N) is 2. The van der Waals surface area contributed by atoms with Crippen LogP contribution in [-0.2, 0) is 9.59 Å². The van der Waals surface area contributed by atoms with Crippen LogP contribution >= 0.6 is 11.6 Å². The van der Waals surface area contributed by atoms with Crippen LogP contribution in [0.1, 0.15) is 18.1 Å². The number of nitrogens with zero attached hydrogens (tertiary/aromatic N) is 2. The minimum atomic E-state index is -0.188. The highest BCUT2D eigenvalue weighted by atomic mass is 35.5. The van der Waals surface area contributed by atoms with Crippen LogP contribution < -0.4 is 15.5 Å². The zero-order chi connectivity index (χ0) is 24.2. The lowest BCUT2D eigenvalue weighted by Gasteiger charge is -2.23. The van der Waals surface area contributed by atoms with Crippen molar-refractivity contribution in [2.24, 2.45) is 0 Å². The van der Waals surface area contributed by atoms with Crippen LogP contribution in [0, 0.1) is 0 Å². The molecule has 1 aliphatic rings. The van der Waals surface area contributed by atoms with E-state index in [1.165, 1.54) is 0 Å². The van der Waals surface area contributed by atoms with E-state index < -0.39 is 0 Å². The SMILES string of the molecule is CCN(C(=O)CN(C)C)c1ccc(N/C(=C2\C(=O)Nc3cc(Cl)ccc32)c2ccccc2)cc1. The molecule has 3 aromatic carbocycles. The molecule has 0 fully saturated rings. The second-order valence-corrected chi connectivity index (χ2v) is 8.74. The van der Waals surface area contributed by atoms with E-state index in [9.17, 15) is 9.59 Å². The van der Waals surface area contributed by atoms with Gasteiger partial charge in [-0.2, -0.15) is 0 Å². The molecule has 2 amide bonds. The number of carbonyl (C=O) groups is 2. The molecule has 4 rings (SSSR count). The first kappa shape index (κ1) is 23.5. The largest absolute Gasteiger partial charge is 0.354 e. The first-order chi connectivity index (χ1) is 16.4. The number of fused-ring (bicyclic) bond motifs is 1. The molecule has 0 aromatic heterocycles. The fraction of sp³-hybridized carbons (Fsp3) is 0.185. The molecule has 0 bridgehead atoms. The normalized spacial score (nSPS) is 14.0. The van der Waals surface area contributed by atoms with Crippen LogP contribution in [0.3, 0.4) is 0 Å². The van der Waals surface area contributed by atoms with Crippen LogP contribution in [-0.4, -0.2) is 43.9 Å². The van der Waals surface area contributed by atoms with E-state index in [-0.39, 0.29) is 11.8 Å². The molecular formula is C27H27ClN4O2. The Balaban J connectivity index is 1.70. The number of carbonyl (C=O) groups excluding carboxylic acids is 2. The molecule has 0 atom stereocenters. The monoisotopic (exact) mass is 474 g/mol. The fourth-order valence-electron chi connectivity index (χ4n) is 4.00. The highest BCUT2D eigenvalue weighted by molar-refractivity contribution is 6.38. The van der Waals surface area contributed by atoms with E-state index in [1.807, 2.05) is 86.6 Å². The summed E-state index contributed by atoms with van der Waals surface area (Å²) in [7, 11) is 3.76. The Morgan fingerprint density at radius 3 is 2.35 bits per heavy atom. The number of hydrogen-bond acceptors (Lipinski definition) is 4. The average Bonchev–Trinajstić information content (AvgIpc) is 3.13. The lowest BCUT2D eigenvalue weighted by atomic mass is 10.00. The topological polar surface area (TPSA) is 64.7 Å². The van der Waals surface area contributed by atoms with E-state index in [0.29, 0.717) is 35.1 Å². The third-order valence-electron chi connectivity index (χ3n) is 5.56. The minimum Gasteiger partial charge on any atom is -0.354 e. The molecule has 0 aliphatic carbocycles. The van der Waals surface area contributed by atoms with Gasteiger partial charge in [0.2, 0.25) is 5.91 Å². The summed E-state index contributed by atoms with van der Waals surface area (Å²) in [4.78, 5) is 29.2. The van der Waals surface area contributed by atoms with Gasteiger partial charge in [0.1, 0.15) is 0 Å². The molecule has 2 N–H and O–H groups in total. The van der Waals surface area contributed by atoms with E-state index in [1.54, 1.807) is 17.0 Å². The molecule has 6 nitrogen and oxygen atoms in total. The Morgan fingerprint density at radius 2 is 1.71 bits per heavy atom. The Kier molecular flexibility index (Phi) is 7.01. The molecule has 3 aromatic rings. The molecule has 174 valence electrons. The van der Waals surface area contributed by atoms with E-state index in [0.717, 1.165) is 22.5 Å². The van der Waals surface area contributed by atoms with Crippen molar-refractivity contribution in [3.05, 3.63) is 88.9 Å². The summed E-state index contributed by atoms with van der Waals surface area (Å²) in [6.07, 6.45) is 0. The van der Waals surface area contributed by atoms with Crippen molar-refractivity contribution >= 4 is 51.7 Å². The molecule has 0 saturated heterocycles. The van der Waals surface area contributed by atoms with Gasteiger partial charge in [0.15, 0.2) is 0 Å². The summed E-state index contributed by atoms with van der Waals surface area (Å²) in [5.74, 6) is -0.148. The highest BCUT2D eigenvalue weighted by Gasteiger charge is 2.28. The van der Waals surface area contributed by atoms with E-state index >= 15 is 0 Å². The minimum absolute atomic E-state index is 0.0400. The number of amides is 2. The van der Waals surface area contributed by atoms with Gasteiger partial charge in [0.05, 0.1) is 23.5 Å². The fourth-order valence-corrected chi connectivity index (χ4v) is 4.18. The number of hydrogen-bond donors (Lipinski definition) is 2. The molecule has 0 unspecified atom stereocenters. The van der Waals surface area contributed by atoms with Crippen molar-refractivity contribution in [2.45, 2.75) is 6.92 Å². The highest BCUT2D eigenvalue weighted by Crippen LogP contribution is 2.38. The standard InChI is InChI=1S/C27H27ClN4O2/c1-4-32(24(33)17-31(2)3)21-13-11-20(12-14-21)29-26(18-8-6-5-7-9-18)25-22-15-10-19(28)16-23(22)30-27(25)34/h5-16,29H,4,17H2,1-3H3,(H,30,34)/b26-25-. The molecule has 1 heterocycles. The lowest BCUT2D eigenvalue weighted by Crippen LogP contribution is -2.37. The predicted octanol–water partition coefficient (Wildman–Crippen LogP) is 5.19. The van der Waals surface area contributed by atoms with Crippen LogP contribution in [0.15, 0.2) is 72.8 Å². The first-order valence-corrected chi connectivity index (χ1v) is 11.5. The van der Waals surface area contributed by atoms with Crippen molar-refractivity contribution in [1.82, 2.24) is 4.90 Å². The molecule has 7 heteroatoms. The molecule has 1 aliphatic heterocycles. The summed E-state index contributed by atoms with van der Waals surface area (Å²) in [6, 6.07) is 22.8. The number of benzene rings is 3. The third kappa shape index (κ3) is 4.98. The van der Waals surface area contributed by atoms with E-state index in [2.05, 4.69) is 10.6 Å². The van der Waals surface area contributed by atoms with Gasteiger partial charge >= 0.3 is 0 Å². The lowest BCUT2D eigenvalue weighted by molar-refractivity contribution is -0.119. The maximum absolute atomic E-state index is 13.0.